The minimum atomic E-state index is -0.508. The number of imide groups is 1. The molecule has 0 unspecified atom stereocenters. The van der Waals surface area contributed by atoms with Crippen LogP contribution in [0.3, 0.4) is 0 Å². The second-order valence-electron chi connectivity index (χ2n) is 7.97. The third-order valence-corrected chi connectivity index (χ3v) is 4.83. The van der Waals surface area contributed by atoms with Crippen molar-refractivity contribution in [3.05, 3.63) is 0 Å². The van der Waals surface area contributed by atoms with Crippen LogP contribution in [0.4, 0.5) is 0 Å². The molecule has 1 aliphatic heterocycles. The first-order chi connectivity index (χ1) is 13.9. The second kappa shape index (κ2) is 15.0. The largest absolute Gasteiger partial charge is 0.463 e. The van der Waals surface area contributed by atoms with Crippen LogP contribution in [0.5, 0.6) is 0 Å². The topological polar surface area (TPSA) is 90.0 Å². The van der Waals surface area contributed by atoms with Crippen molar-refractivity contribution in [3.63, 3.8) is 0 Å². The summed E-state index contributed by atoms with van der Waals surface area (Å²) in [5.74, 6) is -1.47. The van der Waals surface area contributed by atoms with Gasteiger partial charge in [0.2, 0.25) is 0 Å². The van der Waals surface area contributed by atoms with Gasteiger partial charge in [-0.3, -0.25) is 14.4 Å². The Hall–Kier alpha value is -1.92. The monoisotopic (exact) mass is 411 g/mol. The molecule has 0 atom stereocenters. The maximum Gasteiger partial charge on any atom is 0.333 e. The molecule has 166 valence electrons. The molecular formula is C22H37NO6. The van der Waals surface area contributed by atoms with Crippen LogP contribution in [-0.4, -0.2) is 34.9 Å². The van der Waals surface area contributed by atoms with Crippen molar-refractivity contribution in [3.8, 4) is 0 Å². The van der Waals surface area contributed by atoms with Gasteiger partial charge in [0.1, 0.15) is 0 Å². The zero-order valence-electron chi connectivity index (χ0n) is 18.1. The molecule has 29 heavy (non-hydrogen) atoms. The van der Waals surface area contributed by atoms with Crippen LogP contribution in [0, 0.1) is 0 Å². The second-order valence-corrected chi connectivity index (χ2v) is 7.97. The molecule has 0 radical (unpaired) electrons. The van der Waals surface area contributed by atoms with E-state index >= 15 is 0 Å². The molecule has 0 aromatic carbocycles. The van der Waals surface area contributed by atoms with Crippen molar-refractivity contribution in [2.24, 2.45) is 0 Å². The zero-order chi connectivity index (χ0) is 21.5. The Morgan fingerprint density at radius 1 is 0.724 bits per heavy atom. The number of hydroxylamine groups is 2. The number of unbranched alkanes of at least 4 members (excludes halogenated alkanes) is 10. The van der Waals surface area contributed by atoms with Crippen molar-refractivity contribution in [1.29, 1.82) is 0 Å². The average molecular weight is 412 g/mol. The molecule has 0 bridgehead atoms. The van der Waals surface area contributed by atoms with E-state index in [0.717, 1.165) is 32.1 Å². The van der Waals surface area contributed by atoms with Crippen molar-refractivity contribution in [2.45, 2.75) is 116 Å². The maximum atomic E-state index is 11.7. The first-order valence-electron chi connectivity index (χ1n) is 11.2. The highest BCUT2D eigenvalue weighted by Crippen LogP contribution is 2.15. The third kappa shape index (κ3) is 12.3. The molecule has 0 aromatic heterocycles. The highest BCUT2D eigenvalue weighted by atomic mass is 16.7. The summed E-state index contributed by atoms with van der Waals surface area (Å²) >= 11 is 0. The molecule has 2 amide bonds. The first kappa shape index (κ1) is 25.1. The maximum absolute atomic E-state index is 11.7. The standard InChI is InChI=1S/C22H37NO6/c1-18(2)28-21(26)14-12-10-8-6-4-3-5-7-9-11-13-15-22(27)29-23-19(24)16-17-20(23)25/h18H,3-17H2,1-2H3. The van der Waals surface area contributed by atoms with E-state index < -0.39 is 17.8 Å². The number of amides is 2. The van der Waals surface area contributed by atoms with Gasteiger partial charge < -0.3 is 9.57 Å². The Balaban J connectivity index is 1.83. The van der Waals surface area contributed by atoms with Gasteiger partial charge in [-0.2, -0.15) is 0 Å². The van der Waals surface area contributed by atoms with Crippen molar-refractivity contribution < 1.29 is 28.8 Å². The summed E-state index contributed by atoms with van der Waals surface area (Å²) in [6.07, 6.45) is 12.9. The Morgan fingerprint density at radius 3 is 1.52 bits per heavy atom. The highest BCUT2D eigenvalue weighted by Gasteiger charge is 2.32. The Bertz CT molecular complexity index is 515. The minimum absolute atomic E-state index is 0.0254. The Morgan fingerprint density at radius 2 is 1.10 bits per heavy atom. The van der Waals surface area contributed by atoms with Gasteiger partial charge in [-0.25, -0.2) is 4.79 Å². The fourth-order valence-corrected chi connectivity index (χ4v) is 3.26. The molecule has 7 heteroatoms. The fourth-order valence-electron chi connectivity index (χ4n) is 3.26. The third-order valence-electron chi connectivity index (χ3n) is 4.83. The lowest BCUT2D eigenvalue weighted by molar-refractivity contribution is -0.197. The van der Waals surface area contributed by atoms with Gasteiger partial charge in [0.25, 0.3) is 11.8 Å². The summed E-state index contributed by atoms with van der Waals surface area (Å²) in [6.45, 7) is 3.74. The molecule has 1 fully saturated rings. The molecule has 0 saturated carbocycles. The Kier molecular flexibility index (Phi) is 13.0. The summed E-state index contributed by atoms with van der Waals surface area (Å²) in [7, 11) is 0. The fraction of sp³-hybridized carbons (Fsp3) is 0.818. The number of esters is 1. The predicted molar refractivity (Wildman–Crippen MR) is 108 cm³/mol. The lowest BCUT2D eigenvalue weighted by Crippen LogP contribution is -2.31. The molecule has 1 rings (SSSR count). The SMILES string of the molecule is CC(C)OC(=O)CCCCCCCCCCCCCC(=O)ON1C(=O)CCC1=O. The van der Waals surface area contributed by atoms with E-state index in [1.807, 2.05) is 13.8 Å². The number of hydrogen-bond acceptors (Lipinski definition) is 6. The van der Waals surface area contributed by atoms with Crippen LogP contribution in [0.25, 0.3) is 0 Å². The van der Waals surface area contributed by atoms with Gasteiger partial charge in [0, 0.05) is 25.7 Å². The van der Waals surface area contributed by atoms with Crippen LogP contribution in [0.15, 0.2) is 0 Å². The van der Waals surface area contributed by atoms with Gasteiger partial charge >= 0.3 is 11.9 Å². The van der Waals surface area contributed by atoms with Gasteiger partial charge in [-0.05, 0) is 26.7 Å². The van der Waals surface area contributed by atoms with E-state index in [9.17, 15) is 19.2 Å². The van der Waals surface area contributed by atoms with Crippen molar-refractivity contribution in [1.82, 2.24) is 5.06 Å². The van der Waals surface area contributed by atoms with Crippen LogP contribution < -0.4 is 0 Å². The van der Waals surface area contributed by atoms with Crippen LogP contribution in [-0.2, 0) is 28.8 Å². The molecule has 1 aliphatic rings. The molecule has 0 spiro atoms. The molecule has 0 aromatic rings. The minimum Gasteiger partial charge on any atom is -0.463 e. The summed E-state index contributed by atoms with van der Waals surface area (Å²) in [4.78, 5) is 50.6. The van der Waals surface area contributed by atoms with E-state index in [2.05, 4.69) is 0 Å². The van der Waals surface area contributed by atoms with Crippen LogP contribution >= 0.6 is 0 Å². The quantitative estimate of drug-likeness (QED) is 0.209. The molecule has 1 saturated heterocycles. The van der Waals surface area contributed by atoms with Gasteiger partial charge in [0.15, 0.2) is 0 Å². The zero-order valence-corrected chi connectivity index (χ0v) is 18.1. The number of ether oxygens (including phenoxy) is 1. The number of carbonyl (C=O) groups is 4. The number of nitrogens with zero attached hydrogens (tertiary/aromatic N) is 1. The van der Waals surface area contributed by atoms with Crippen LogP contribution in [0.2, 0.25) is 0 Å². The lowest BCUT2D eigenvalue weighted by Gasteiger charge is -2.12. The van der Waals surface area contributed by atoms with Crippen molar-refractivity contribution >= 4 is 23.8 Å². The lowest BCUT2D eigenvalue weighted by atomic mass is 10.0. The molecule has 0 aliphatic carbocycles. The summed E-state index contributed by atoms with van der Waals surface area (Å²) in [5, 5.41) is 0.611. The normalized spacial score (nSPS) is 14.0. The Labute approximate surface area is 174 Å². The first-order valence-corrected chi connectivity index (χ1v) is 11.2. The summed E-state index contributed by atoms with van der Waals surface area (Å²) in [6, 6.07) is 0. The van der Waals surface area contributed by atoms with Gasteiger partial charge in [0.05, 0.1) is 6.10 Å². The van der Waals surface area contributed by atoms with E-state index in [4.69, 9.17) is 9.57 Å². The van der Waals surface area contributed by atoms with E-state index in [0.29, 0.717) is 17.9 Å². The molecule has 1 heterocycles. The smallest absolute Gasteiger partial charge is 0.333 e. The number of carbonyl (C=O) groups excluding carboxylic acids is 4. The molecule has 0 N–H and O–H groups in total. The summed E-state index contributed by atoms with van der Waals surface area (Å²) < 4.78 is 5.11. The van der Waals surface area contributed by atoms with Crippen LogP contribution in [0.1, 0.15) is 110 Å². The average Bonchev–Trinajstić information content (AvgIpc) is 2.96. The van der Waals surface area contributed by atoms with Gasteiger partial charge in [-0.15, -0.1) is 5.06 Å². The van der Waals surface area contributed by atoms with E-state index in [1.54, 1.807) is 0 Å². The number of hydrogen-bond donors (Lipinski definition) is 0. The summed E-state index contributed by atoms with van der Waals surface area (Å²) in [5.41, 5.74) is 0. The molecule has 7 nitrogen and oxygen atoms in total. The predicted octanol–water partition coefficient (Wildman–Crippen LogP) is 4.62. The van der Waals surface area contributed by atoms with Gasteiger partial charge in [-0.1, -0.05) is 57.8 Å². The highest BCUT2D eigenvalue weighted by molar-refractivity contribution is 6.01. The molecular weight excluding hydrogens is 374 g/mol. The van der Waals surface area contributed by atoms with Crippen molar-refractivity contribution in [2.75, 3.05) is 0 Å². The number of rotatable bonds is 16. The van der Waals surface area contributed by atoms with E-state index in [-0.39, 0.29) is 31.3 Å². The van der Waals surface area contributed by atoms with E-state index in [1.165, 1.54) is 32.1 Å².